The summed E-state index contributed by atoms with van der Waals surface area (Å²) >= 11 is 0. The van der Waals surface area contributed by atoms with Gasteiger partial charge in [0.05, 0.1) is 18.0 Å². The molecule has 2 N–H and O–H groups in total. The van der Waals surface area contributed by atoms with Crippen LogP contribution in [0.5, 0.6) is 0 Å². The molecule has 9 heteroatoms. The number of H-pyrrole nitrogens is 2. The van der Waals surface area contributed by atoms with Crippen LogP contribution >= 0.6 is 0 Å². The molecule has 0 aliphatic carbocycles. The summed E-state index contributed by atoms with van der Waals surface area (Å²) < 4.78 is 19.9. The first-order valence-electron chi connectivity index (χ1n) is 9.08. The van der Waals surface area contributed by atoms with Gasteiger partial charge in [-0.15, -0.1) is 0 Å². The van der Waals surface area contributed by atoms with E-state index in [9.17, 15) is 4.39 Å². The van der Waals surface area contributed by atoms with Gasteiger partial charge in [-0.3, -0.25) is 10.1 Å². The molecular weight excluding hydrogens is 385 g/mol. The number of nitrogens with one attached hydrogen (secondary N) is 2. The van der Waals surface area contributed by atoms with E-state index in [4.69, 9.17) is 9.40 Å². The third-order valence-electron chi connectivity index (χ3n) is 4.94. The van der Waals surface area contributed by atoms with Gasteiger partial charge in [0.1, 0.15) is 34.6 Å². The first-order valence-corrected chi connectivity index (χ1v) is 9.08. The number of pyridine rings is 1. The lowest BCUT2D eigenvalue weighted by Crippen LogP contribution is -1.86. The van der Waals surface area contributed by atoms with E-state index in [1.165, 1.54) is 12.4 Å². The Morgan fingerprint density at radius 3 is 2.70 bits per heavy atom. The lowest BCUT2D eigenvalue weighted by atomic mass is 10.1. The summed E-state index contributed by atoms with van der Waals surface area (Å²) in [4.78, 5) is 20.4. The van der Waals surface area contributed by atoms with Crippen molar-refractivity contribution in [1.29, 1.82) is 0 Å². The maximum atomic E-state index is 14.8. The molecular formula is C21H12FN7O. The maximum Gasteiger partial charge on any atom is 0.159 e. The Morgan fingerprint density at radius 2 is 1.87 bits per heavy atom. The van der Waals surface area contributed by atoms with Crippen LogP contribution in [0.4, 0.5) is 4.39 Å². The number of imidazole rings is 1. The number of aromatic nitrogens is 7. The minimum atomic E-state index is -0.415. The number of fused-ring (bicyclic) bond motifs is 2. The highest BCUT2D eigenvalue weighted by Gasteiger charge is 2.18. The third-order valence-corrected chi connectivity index (χ3v) is 4.94. The molecule has 5 aromatic heterocycles. The van der Waals surface area contributed by atoms with Crippen LogP contribution in [0.2, 0.25) is 0 Å². The average molecular weight is 397 g/mol. The van der Waals surface area contributed by atoms with E-state index in [1.54, 1.807) is 31.1 Å². The SMILES string of the molecule is Fc1cc(-c2cncnc2)cc2c(-c3nc4c(-c5ccoc5)nccc4[nH]3)n[nH]c12. The number of halogens is 1. The van der Waals surface area contributed by atoms with Crippen molar-refractivity contribution in [2.75, 3.05) is 0 Å². The number of aromatic amines is 2. The number of nitrogens with zero attached hydrogens (tertiary/aromatic N) is 5. The molecule has 0 radical (unpaired) electrons. The summed E-state index contributed by atoms with van der Waals surface area (Å²) in [6, 6.07) is 6.93. The van der Waals surface area contributed by atoms with Gasteiger partial charge >= 0.3 is 0 Å². The molecule has 0 atom stereocenters. The van der Waals surface area contributed by atoms with Crippen molar-refractivity contribution in [3.63, 3.8) is 0 Å². The highest BCUT2D eigenvalue weighted by atomic mass is 19.1. The lowest BCUT2D eigenvalue weighted by Gasteiger charge is -2.02. The Balaban J connectivity index is 1.56. The summed E-state index contributed by atoms with van der Waals surface area (Å²) in [6.07, 6.45) is 9.60. The Kier molecular flexibility index (Phi) is 3.48. The normalized spacial score (nSPS) is 11.5. The van der Waals surface area contributed by atoms with Gasteiger partial charge < -0.3 is 9.40 Å². The highest BCUT2D eigenvalue weighted by molar-refractivity contribution is 5.97. The van der Waals surface area contributed by atoms with Crippen LogP contribution in [0.15, 0.2) is 66.1 Å². The molecule has 6 rings (SSSR count). The molecule has 6 aromatic rings. The van der Waals surface area contributed by atoms with Gasteiger partial charge in [0, 0.05) is 35.1 Å². The van der Waals surface area contributed by atoms with Gasteiger partial charge in [-0.2, -0.15) is 5.10 Å². The second kappa shape index (κ2) is 6.31. The molecule has 30 heavy (non-hydrogen) atoms. The number of benzene rings is 1. The molecule has 1 aromatic carbocycles. The van der Waals surface area contributed by atoms with Crippen LogP contribution in [0.25, 0.3) is 55.8 Å². The van der Waals surface area contributed by atoms with Crippen molar-refractivity contribution in [1.82, 2.24) is 35.1 Å². The molecule has 0 unspecified atom stereocenters. The number of rotatable bonds is 3. The lowest BCUT2D eigenvalue weighted by molar-refractivity contribution is 0.568. The largest absolute Gasteiger partial charge is 0.472 e. The first-order chi connectivity index (χ1) is 14.8. The van der Waals surface area contributed by atoms with E-state index in [0.29, 0.717) is 44.8 Å². The zero-order chi connectivity index (χ0) is 20.1. The summed E-state index contributed by atoms with van der Waals surface area (Å²) in [5.41, 5.74) is 5.16. The van der Waals surface area contributed by atoms with Crippen LogP contribution in [0, 0.1) is 5.82 Å². The van der Waals surface area contributed by atoms with Gasteiger partial charge in [-0.1, -0.05) is 0 Å². The summed E-state index contributed by atoms with van der Waals surface area (Å²) in [5.74, 6) is 0.0943. The molecule has 0 fully saturated rings. The van der Waals surface area contributed by atoms with Crippen molar-refractivity contribution in [2.45, 2.75) is 0 Å². The summed E-state index contributed by atoms with van der Waals surface area (Å²) in [5, 5.41) is 7.70. The van der Waals surface area contributed by atoms with E-state index >= 15 is 0 Å². The van der Waals surface area contributed by atoms with Gasteiger partial charge in [-0.25, -0.2) is 19.3 Å². The van der Waals surface area contributed by atoms with Crippen molar-refractivity contribution in [2.24, 2.45) is 0 Å². The Labute approximate surface area is 167 Å². The van der Waals surface area contributed by atoms with Gasteiger partial charge in [-0.05, 0) is 29.8 Å². The number of hydrogen-bond acceptors (Lipinski definition) is 6. The monoisotopic (exact) mass is 397 g/mol. The maximum absolute atomic E-state index is 14.8. The third kappa shape index (κ3) is 2.49. The van der Waals surface area contributed by atoms with Crippen molar-refractivity contribution in [3.8, 4) is 33.9 Å². The fraction of sp³-hybridized carbons (Fsp3) is 0. The molecule has 0 aliphatic rings. The minimum absolute atomic E-state index is 0.305. The molecule has 0 aliphatic heterocycles. The molecule has 5 heterocycles. The van der Waals surface area contributed by atoms with Crippen LogP contribution in [0.1, 0.15) is 0 Å². The smallest absolute Gasteiger partial charge is 0.159 e. The molecule has 0 saturated heterocycles. The van der Waals surface area contributed by atoms with Crippen molar-refractivity contribution in [3.05, 3.63) is 67.5 Å². The zero-order valence-electron chi connectivity index (χ0n) is 15.3. The fourth-order valence-corrected chi connectivity index (χ4v) is 3.53. The molecule has 0 amide bonds. The van der Waals surface area contributed by atoms with E-state index in [1.807, 2.05) is 18.2 Å². The van der Waals surface area contributed by atoms with E-state index in [-0.39, 0.29) is 0 Å². The van der Waals surface area contributed by atoms with E-state index in [2.05, 4.69) is 30.1 Å². The average Bonchev–Trinajstić information content (AvgIpc) is 3.52. The predicted molar refractivity (Wildman–Crippen MR) is 108 cm³/mol. The van der Waals surface area contributed by atoms with Crippen LogP contribution in [-0.4, -0.2) is 35.1 Å². The topological polar surface area (TPSA) is 109 Å². The van der Waals surface area contributed by atoms with Gasteiger partial charge in [0.25, 0.3) is 0 Å². The molecule has 0 spiro atoms. The highest BCUT2D eigenvalue weighted by Crippen LogP contribution is 2.33. The number of hydrogen-bond donors (Lipinski definition) is 2. The Bertz CT molecular complexity index is 1500. The molecule has 0 bridgehead atoms. The molecule has 8 nitrogen and oxygen atoms in total. The Morgan fingerprint density at radius 1 is 0.967 bits per heavy atom. The van der Waals surface area contributed by atoms with Crippen molar-refractivity contribution < 1.29 is 8.81 Å². The Hall–Kier alpha value is -4.40. The zero-order valence-corrected chi connectivity index (χ0v) is 15.3. The predicted octanol–water partition coefficient (Wildman–Crippen LogP) is 4.36. The van der Waals surface area contributed by atoms with Crippen molar-refractivity contribution >= 4 is 21.9 Å². The molecule has 144 valence electrons. The van der Waals surface area contributed by atoms with Crippen LogP contribution < -0.4 is 0 Å². The van der Waals surface area contributed by atoms with Crippen LogP contribution in [-0.2, 0) is 0 Å². The number of furan rings is 1. The minimum Gasteiger partial charge on any atom is -0.472 e. The molecule has 0 saturated carbocycles. The fourth-order valence-electron chi connectivity index (χ4n) is 3.53. The second-order valence-corrected chi connectivity index (χ2v) is 6.73. The van der Waals surface area contributed by atoms with Gasteiger partial charge in [0.15, 0.2) is 5.82 Å². The quantitative estimate of drug-likeness (QED) is 0.459. The summed E-state index contributed by atoms with van der Waals surface area (Å²) in [7, 11) is 0. The van der Waals surface area contributed by atoms with E-state index in [0.717, 1.165) is 11.1 Å². The standard InChI is InChI=1S/C21H12FN7O/c22-15-6-12(13-7-23-10-24-8-13)5-14-18(15)28-29-19(14)21-26-16-1-3-25-17(20(16)27-21)11-2-4-30-9-11/h1-10H,(H,26,27)(H,28,29). The van der Waals surface area contributed by atoms with E-state index < -0.39 is 5.82 Å². The first kappa shape index (κ1) is 16.5. The van der Waals surface area contributed by atoms with Gasteiger partial charge in [0.2, 0.25) is 0 Å². The van der Waals surface area contributed by atoms with Crippen LogP contribution in [0.3, 0.4) is 0 Å². The second-order valence-electron chi connectivity index (χ2n) is 6.73. The summed E-state index contributed by atoms with van der Waals surface area (Å²) in [6.45, 7) is 0.